The smallest absolute Gasteiger partial charge is 0.244 e. The Morgan fingerprint density at radius 2 is 1.95 bits per heavy atom. The first-order valence-electron chi connectivity index (χ1n) is 6.52. The summed E-state index contributed by atoms with van der Waals surface area (Å²) >= 11 is 5.86. The molecule has 0 aromatic heterocycles. The Hall–Kier alpha value is -2.40. The number of phenols is 1. The topological polar surface area (TPSA) is 61.7 Å². The predicted octanol–water partition coefficient (Wildman–Crippen LogP) is 3.27. The number of hydrazone groups is 1. The lowest BCUT2D eigenvalue weighted by Gasteiger charge is -2.06. The first kappa shape index (κ1) is 16.0. The molecular weight excluding hydrogens is 307 g/mol. The number of hydrogen-bond acceptors (Lipinski definition) is 3. The number of benzene rings is 2. The van der Waals surface area contributed by atoms with Gasteiger partial charge in [0.1, 0.15) is 11.6 Å². The molecule has 2 aromatic carbocycles. The van der Waals surface area contributed by atoms with Crippen LogP contribution in [-0.4, -0.2) is 16.7 Å². The van der Waals surface area contributed by atoms with E-state index in [-0.39, 0.29) is 23.9 Å². The number of aromatic hydroxyl groups is 1. The fraction of sp³-hybridized carbons (Fsp3) is 0.125. The van der Waals surface area contributed by atoms with Gasteiger partial charge in [0.15, 0.2) is 0 Å². The summed E-state index contributed by atoms with van der Waals surface area (Å²) in [6.07, 6.45) is 0.0819. The Morgan fingerprint density at radius 1 is 1.27 bits per heavy atom. The van der Waals surface area contributed by atoms with Crippen LogP contribution in [0.4, 0.5) is 4.39 Å². The van der Waals surface area contributed by atoms with Gasteiger partial charge in [-0.1, -0.05) is 23.7 Å². The van der Waals surface area contributed by atoms with E-state index in [1.807, 2.05) is 0 Å². The van der Waals surface area contributed by atoms with E-state index in [1.165, 1.54) is 30.3 Å². The van der Waals surface area contributed by atoms with Crippen molar-refractivity contribution in [1.29, 1.82) is 0 Å². The quantitative estimate of drug-likeness (QED) is 0.671. The minimum absolute atomic E-state index is 0.0263. The van der Waals surface area contributed by atoms with E-state index >= 15 is 0 Å². The zero-order valence-corrected chi connectivity index (χ0v) is 12.6. The summed E-state index contributed by atoms with van der Waals surface area (Å²) < 4.78 is 12.8. The highest BCUT2D eigenvalue weighted by molar-refractivity contribution is 6.31. The Morgan fingerprint density at radius 3 is 2.64 bits per heavy atom. The van der Waals surface area contributed by atoms with E-state index in [4.69, 9.17) is 11.6 Å². The zero-order valence-electron chi connectivity index (χ0n) is 11.8. The number of halogens is 2. The van der Waals surface area contributed by atoms with Gasteiger partial charge in [0, 0.05) is 10.6 Å². The largest absolute Gasteiger partial charge is 0.507 e. The molecule has 0 saturated heterocycles. The lowest BCUT2D eigenvalue weighted by atomic mass is 10.1. The van der Waals surface area contributed by atoms with Crippen LogP contribution in [0.25, 0.3) is 0 Å². The van der Waals surface area contributed by atoms with Crippen LogP contribution in [0.3, 0.4) is 0 Å². The maximum atomic E-state index is 12.8. The number of carbonyl (C=O) groups excluding carboxylic acids is 1. The second-order valence-corrected chi connectivity index (χ2v) is 5.13. The van der Waals surface area contributed by atoms with Gasteiger partial charge in [-0.2, -0.15) is 5.10 Å². The van der Waals surface area contributed by atoms with Crippen molar-refractivity contribution < 1.29 is 14.3 Å². The van der Waals surface area contributed by atoms with Crippen LogP contribution in [0.5, 0.6) is 5.75 Å². The van der Waals surface area contributed by atoms with Crippen molar-refractivity contribution in [3.05, 3.63) is 64.4 Å². The van der Waals surface area contributed by atoms with Gasteiger partial charge in [-0.05, 0) is 42.8 Å². The minimum atomic E-state index is -0.352. The third-order valence-electron chi connectivity index (χ3n) is 2.97. The number of nitrogens with zero attached hydrogens (tertiary/aromatic N) is 1. The Bertz CT molecular complexity index is 715. The van der Waals surface area contributed by atoms with Gasteiger partial charge in [-0.25, -0.2) is 9.82 Å². The van der Waals surface area contributed by atoms with E-state index < -0.39 is 0 Å². The van der Waals surface area contributed by atoms with Crippen molar-refractivity contribution in [3.8, 4) is 5.75 Å². The number of hydrogen-bond donors (Lipinski definition) is 2. The number of phenolic OH excluding ortho intramolecular Hbond substituents is 1. The summed E-state index contributed by atoms with van der Waals surface area (Å²) in [5, 5.41) is 14.1. The molecule has 0 spiro atoms. The standard InChI is InChI=1S/C16H14ClFN2O2/c1-10(14-9-12(17)4-7-15(14)21)19-20-16(22)8-11-2-5-13(18)6-3-11/h2-7,9,21H,8H2,1H3,(H,20,22)/b19-10+. The molecule has 1 amide bonds. The highest BCUT2D eigenvalue weighted by atomic mass is 35.5. The van der Waals surface area contributed by atoms with E-state index in [0.717, 1.165) is 0 Å². The molecule has 4 nitrogen and oxygen atoms in total. The molecule has 0 unspecified atom stereocenters. The summed E-state index contributed by atoms with van der Waals surface area (Å²) in [5.41, 5.74) is 3.93. The highest BCUT2D eigenvalue weighted by Gasteiger charge is 2.07. The van der Waals surface area contributed by atoms with Gasteiger partial charge >= 0.3 is 0 Å². The molecule has 0 radical (unpaired) electrons. The Balaban J connectivity index is 2.02. The predicted molar refractivity (Wildman–Crippen MR) is 83.6 cm³/mol. The lowest BCUT2D eigenvalue weighted by molar-refractivity contribution is -0.120. The van der Waals surface area contributed by atoms with Crippen molar-refractivity contribution in [2.24, 2.45) is 5.10 Å². The monoisotopic (exact) mass is 320 g/mol. The third-order valence-corrected chi connectivity index (χ3v) is 3.21. The molecule has 2 rings (SSSR count). The molecule has 114 valence electrons. The summed E-state index contributed by atoms with van der Waals surface area (Å²) in [7, 11) is 0. The van der Waals surface area contributed by atoms with Crippen LogP contribution in [-0.2, 0) is 11.2 Å². The van der Waals surface area contributed by atoms with E-state index in [2.05, 4.69) is 10.5 Å². The van der Waals surface area contributed by atoms with E-state index in [1.54, 1.807) is 19.1 Å². The van der Waals surface area contributed by atoms with Crippen LogP contribution in [0, 0.1) is 5.82 Å². The maximum Gasteiger partial charge on any atom is 0.244 e. The number of nitrogens with one attached hydrogen (secondary N) is 1. The molecule has 2 aromatic rings. The lowest BCUT2D eigenvalue weighted by Crippen LogP contribution is -2.21. The minimum Gasteiger partial charge on any atom is -0.507 e. The fourth-order valence-corrected chi connectivity index (χ4v) is 2.00. The molecule has 0 bridgehead atoms. The fourth-order valence-electron chi connectivity index (χ4n) is 1.83. The SMILES string of the molecule is C/C(=N\NC(=O)Cc1ccc(F)cc1)c1cc(Cl)ccc1O. The van der Waals surface area contributed by atoms with Gasteiger partial charge in [0.05, 0.1) is 12.1 Å². The molecule has 22 heavy (non-hydrogen) atoms. The summed E-state index contributed by atoms with van der Waals surface area (Å²) in [6, 6.07) is 10.2. The Labute approximate surface area is 132 Å². The van der Waals surface area contributed by atoms with Gasteiger partial charge in [-0.15, -0.1) is 0 Å². The van der Waals surface area contributed by atoms with Gasteiger partial charge in [0.25, 0.3) is 0 Å². The molecule has 0 aliphatic carbocycles. The molecule has 6 heteroatoms. The first-order chi connectivity index (χ1) is 10.5. The second-order valence-electron chi connectivity index (χ2n) is 4.70. The molecule has 0 heterocycles. The highest BCUT2D eigenvalue weighted by Crippen LogP contribution is 2.21. The third kappa shape index (κ3) is 4.30. The van der Waals surface area contributed by atoms with Crippen molar-refractivity contribution in [2.45, 2.75) is 13.3 Å². The average Bonchev–Trinajstić information content (AvgIpc) is 2.49. The second kappa shape index (κ2) is 7.04. The molecule has 0 aliphatic rings. The van der Waals surface area contributed by atoms with Crippen LogP contribution in [0.2, 0.25) is 5.02 Å². The average molecular weight is 321 g/mol. The van der Waals surface area contributed by atoms with Gasteiger partial charge < -0.3 is 5.11 Å². The Kier molecular flexibility index (Phi) is 5.12. The van der Waals surface area contributed by atoms with Gasteiger partial charge in [-0.3, -0.25) is 4.79 Å². The van der Waals surface area contributed by atoms with Crippen LogP contribution < -0.4 is 5.43 Å². The van der Waals surface area contributed by atoms with Crippen molar-refractivity contribution >= 4 is 23.2 Å². The molecule has 2 N–H and O–H groups in total. The molecular formula is C16H14ClFN2O2. The van der Waals surface area contributed by atoms with Crippen molar-refractivity contribution in [1.82, 2.24) is 5.43 Å². The molecule has 0 fully saturated rings. The van der Waals surface area contributed by atoms with Crippen LogP contribution in [0.1, 0.15) is 18.1 Å². The molecule has 0 atom stereocenters. The van der Waals surface area contributed by atoms with Crippen molar-refractivity contribution in [2.75, 3.05) is 0 Å². The summed E-state index contributed by atoms with van der Waals surface area (Å²) in [5.74, 6) is -0.666. The maximum absolute atomic E-state index is 12.8. The van der Waals surface area contributed by atoms with Crippen LogP contribution in [0.15, 0.2) is 47.6 Å². The van der Waals surface area contributed by atoms with Crippen molar-refractivity contribution in [3.63, 3.8) is 0 Å². The van der Waals surface area contributed by atoms with Gasteiger partial charge in [0.2, 0.25) is 5.91 Å². The van der Waals surface area contributed by atoms with E-state index in [0.29, 0.717) is 21.9 Å². The van der Waals surface area contributed by atoms with E-state index in [9.17, 15) is 14.3 Å². The number of rotatable bonds is 4. The van der Waals surface area contributed by atoms with Crippen LogP contribution >= 0.6 is 11.6 Å². The molecule has 0 saturated carbocycles. The molecule has 0 aliphatic heterocycles. The summed E-state index contributed by atoms with van der Waals surface area (Å²) in [4.78, 5) is 11.8. The normalized spacial score (nSPS) is 11.3. The summed E-state index contributed by atoms with van der Waals surface area (Å²) in [6.45, 7) is 1.64. The number of amides is 1. The zero-order chi connectivity index (χ0) is 16.1. The number of carbonyl (C=O) groups is 1. The first-order valence-corrected chi connectivity index (χ1v) is 6.90.